The van der Waals surface area contributed by atoms with Crippen LogP contribution in [0.3, 0.4) is 0 Å². The third-order valence-corrected chi connectivity index (χ3v) is 5.63. The Morgan fingerprint density at radius 1 is 0.852 bits per heavy atom. The van der Waals surface area contributed by atoms with Gasteiger partial charge in [0.15, 0.2) is 0 Å². The van der Waals surface area contributed by atoms with E-state index in [1.54, 1.807) is 0 Å². The van der Waals surface area contributed by atoms with Crippen LogP contribution < -0.4 is 0 Å². The van der Waals surface area contributed by atoms with Crippen molar-refractivity contribution in [2.24, 2.45) is 11.8 Å². The molecule has 1 fully saturated rings. The average Bonchev–Trinajstić information content (AvgIpc) is 2.95. The summed E-state index contributed by atoms with van der Waals surface area (Å²) in [4.78, 5) is 29.2. The first-order valence-electron chi connectivity index (χ1n) is 9.47. The van der Waals surface area contributed by atoms with Gasteiger partial charge in [-0.05, 0) is 31.0 Å². The van der Waals surface area contributed by atoms with Gasteiger partial charge in [-0.1, -0.05) is 72.8 Å². The first-order chi connectivity index (χ1) is 13.2. The van der Waals surface area contributed by atoms with Gasteiger partial charge in [-0.15, -0.1) is 0 Å². The summed E-state index contributed by atoms with van der Waals surface area (Å²) < 4.78 is 0. The van der Waals surface area contributed by atoms with Gasteiger partial charge in [0.05, 0.1) is 24.5 Å². The Labute approximate surface area is 160 Å². The van der Waals surface area contributed by atoms with E-state index in [1.165, 1.54) is 4.90 Å². The van der Waals surface area contributed by atoms with Crippen LogP contribution in [-0.2, 0) is 9.59 Å². The van der Waals surface area contributed by atoms with E-state index in [1.807, 2.05) is 55.6 Å². The number of imide groups is 1. The number of nitrogens with zero attached hydrogens (tertiary/aromatic N) is 2. The molecule has 0 spiro atoms. The summed E-state index contributed by atoms with van der Waals surface area (Å²) >= 11 is 0. The fraction of sp³-hybridized carbons (Fsp3) is 0.304. The SMILES string of the molecule is CN(CN1C(=O)[C@H]2CC=CC[C@H]2C1=O)C(c1ccccc1)c1ccccc1. The molecule has 2 aliphatic rings. The lowest BCUT2D eigenvalue weighted by Crippen LogP contribution is -2.42. The molecule has 27 heavy (non-hydrogen) atoms. The third-order valence-electron chi connectivity index (χ3n) is 5.63. The molecule has 2 amide bonds. The van der Waals surface area contributed by atoms with Crippen molar-refractivity contribution in [1.82, 2.24) is 9.80 Å². The Kier molecular flexibility index (Phi) is 4.90. The minimum atomic E-state index is -0.178. The van der Waals surface area contributed by atoms with Gasteiger partial charge < -0.3 is 0 Å². The van der Waals surface area contributed by atoms with Gasteiger partial charge in [-0.3, -0.25) is 19.4 Å². The molecule has 1 saturated heterocycles. The zero-order chi connectivity index (χ0) is 18.8. The van der Waals surface area contributed by atoms with Crippen molar-refractivity contribution in [2.45, 2.75) is 18.9 Å². The summed E-state index contributed by atoms with van der Waals surface area (Å²) in [6, 6.07) is 20.4. The lowest BCUT2D eigenvalue weighted by Gasteiger charge is -2.32. The van der Waals surface area contributed by atoms with Crippen molar-refractivity contribution < 1.29 is 9.59 Å². The molecule has 0 aromatic heterocycles. The molecule has 4 rings (SSSR count). The minimum Gasteiger partial charge on any atom is -0.277 e. The highest BCUT2D eigenvalue weighted by Crippen LogP contribution is 2.36. The predicted molar refractivity (Wildman–Crippen MR) is 105 cm³/mol. The second-order valence-electron chi connectivity index (χ2n) is 7.38. The molecular weight excluding hydrogens is 336 g/mol. The molecule has 138 valence electrons. The monoisotopic (exact) mass is 360 g/mol. The summed E-state index contributed by atoms with van der Waals surface area (Å²) in [5, 5.41) is 0. The fourth-order valence-corrected chi connectivity index (χ4v) is 4.29. The van der Waals surface area contributed by atoms with Crippen LogP contribution >= 0.6 is 0 Å². The maximum Gasteiger partial charge on any atom is 0.234 e. The maximum absolute atomic E-state index is 12.8. The second-order valence-corrected chi connectivity index (χ2v) is 7.38. The number of fused-ring (bicyclic) bond motifs is 1. The third kappa shape index (κ3) is 3.33. The van der Waals surface area contributed by atoms with E-state index >= 15 is 0 Å². The molecule has 1 aliphatic heterocycles. The Bertz CT molecular complexity index is 782. The highest BCUT2D eigenvalue weighted by atomic mass is 16.2. The van der Waals surface area contributed by atoms with Crippen LogP contribution in [0.5, 0.6) is 0 Å². The summed E-state index contributed by atoms with van der Waals surface area (Å²) in [5.74, 6) is -0.409. The molecule has 1 aliphatic carbocycles. The Morgan fingerprint density at radius 3 is 1.74 bits per heavy atom. The van der Waals surface area contributed by atoms with Crippen LogP contribution in [0.2, 0.25) is 0 Å². The lowest BCUT2D eigenvalue weighted by atomic mass is 9.85. The van der Waals surface area contributed by atoms with E-state index in [0.717, 1.165) is 11.1 Å². The molecule has 4 nitrogen and oxygen atoms in total. The Morgan fingerprint density at radius 2 is 1.30 bits per heavy atom. The van der Waals surface area contributed by atoms with Gasteiger partial charge in [0, 0.05) is 0 Å². The first-order valence-corrected chi connectivity index (χ1v) is 9.47. The van der Waals surface area contributed by atoms with Gasteiger partial charge >= 0.3 is 0 Å². The number of benzene rings is 2. The van der Waals surface area contributed by atoms with E-state index in [9.17, 15) is 9.59 Å². The molecule has 0 radical (unpaired) electrons. The van der Waals surface area contributed by atoms with E-state index < -0.39 is 0 Å². The molecule has 0 unspecified atom stereocenters. The van der Waals surface area contributed by atoms with Crippen molar-refractivity contribution in [3.05, 3.63) is 83.9 Å². The van der Waals surface area contributed by atoms with Gasteiger partial charge in [0.1, 0.15) is 0 Å². The van der Waals surface area contributed by atoms with Crippen molar-refractivity contribution >= 4 is 11.8 Å². The number of carbonyl (C=O) groups is 2. The van der Waals surface area contributed by atoms with Crippen molar-refractivity contribution in [3.63, 3.8) is 0 Å². The van der Waals surface area contributed by atoms with Crippen molar-refractivity contribution in [1.29, 1.82) is 0 Å². The predicted octanol–water partition coefficient (Wildman–Crippen LogP) is 3.62. The summed E-state index contributed by atoms with van der Waals surface area (Å²) in [6.45, 7) is 0.305. The molecule has 2 aromatic rings. The second kappa shape index (κ2) is 7.49. The Hall–Kier alpha value is -2.72. The quantitative estimate of drug-likeness (QED) is 0.604. The summed E-state index contributed by atoms with van der Waals surface area (Å²) in [7, 11) is 1.98. The molecular formula is C23H24N2O2. The number of carbonyl (C=O) groups excluding carboxylic acids is 2. The average molecular weight is 360 g/mol. The molecule has 0 bridgehead atoms. The van der Waals surface area contributed by atoms with Gasteiger partial charge in [0.2, 0.25) is 11.8 Å². The molecule has 4 heteroatoms. The molecule has 2 atom stereocenters. The topological polar surface area (TPSA) is 40.6 Å². The maximum atomic E-state index is 12.8. The highest BCUT2D eigenvalue weighted by Gasteiger charge is 2.47. The highest BCUT2D eigenvalue weighted by molar-refractivity contribution is 6.05. The van der Waals surface area contributed by atoms with Crippen molar-refractivity contribution in [3.8, 4) is 0 Å². The van der Waals surface area contributed by atoms with Crippen LogP contribution in [0.4, 0.5) is 0 Å². The summed E-state index contributed by atoms with van der Waals surface area (Å²) in [5.41, 5.74) is 2.29. The molecule has 0 saturated carbocycles. The van der Waals surface area contributed by atoms with Crippen LogP contribution in [0.1, 0.15) is 30.0 Å². The normalized spacial score (nSPS) is 22.0. The van der Waals surface area contributed by atoms with Crippen LogP contribution in [-0.4, -0.2) is 35.3 Å². The number of rotatable bonds is 5. The molecule has 1 heterocycles. The largest absolute Gasteiger partial charge is 0.277 e. The van der Waals surface area contributed by atoms with Gasteiger partial charge in [0.25, 0.3) is 0 Å². The Balaban J connectivity index is 1.60. The van der Waals surface area contributed by atoms with E-state index in [0.29, 0.717) is 19.5 Å². The zero-order valence-corrected chi connectivity index (χ0v) is 15.5. The number of allylic oxidation sites excluding steroid dienone is 2. The number of hydrogen-bond acceptors (Lipinski definition) is 3. The van der Waals surface area contributed by atoms with Crippen LogP contribution in [0.15, 0.2) is 72.8 Å². The van der Waals surface area contributed by atoms with Crippen molar-refractivity contribution in [2.75, 3.05) is 13.7 Å². The minimum absolute atomic E-state index is 0.0197. The van der Waals surface area contributed by atoms with Crippen LogP contribution in [0, 0.1) is 11.8 Å². The van der Waals surface area contributed by atoms with Crippen LogP contribution in [0.25, 0.3) is 0 Å². The number of hydrogen-bond donors (Lipinski definition) is 0. The number of likely N-dealkylation sites (tertiary alicyclic amines) is 1. The standard InChI is InChI=1S/C23H24N2O2/c1-24(16-25-22(26)19-14-8-9-15-20(19)23(25)27)21(17-10-4-2-5-11-17)18-12-6-3-7-13-18/h2-13,19-21H,14-16H2,1H3/t19-,20+. The smallest absolute Gasteiger partial charge is 0.234 e. The fourth-order valence-electron chi connectivity index (χ4n) is 4.29. The van der Waals surface area contributed by atoms with Gasteiger partial charge in [-0.25, -0.2) is 0 Å². The van der Waals surface area contributed by atoms with Gasteiger partial charge in [-0.2, -0.15) is 0 Å². The molecule has 2 aromatic carbocycles. The van der Waals surface area contributed by atoms with E-state index in [4.69, 9.17) is 0 Å². The molecule has 0 N–H and O–H groups in total. The summed E-state index contributed by atoms with van der Waals surface area (Å²) in [6.07, 6.45) is 5.40. The van der Waals surface area contributed by atoms with E-state index in [2.05, 4.69) is 29.2 Å². The first kappa shape index (κ1) is 17.7. The number of amides is 2. The van der Waals surface area contributed by atoms with E-state index in [-0.39, 0.29) is 29.7 Å². The zero-order valence-electron chi connectivity index (χ0n) is 15.5. The lowest BCUT2D eigenvalue weighted by molar-refractivity contribution is -0.142.